The molecule has 3 aromatic rings. The first-order chi connectivity index (χ1) is 19.2. The molecule has 2 unspecified atom stereocenters. The average molecular weight is 579 g/mol. The number of anilines is 2. The number of aryl methyl sites for hydroxylation is 1. The first kappa shape index (κ1) is 27.6. The smallest absolute Gasteiger partial charge is 0.363 e. The molecular formula is C28H28F6N6O. The van der Waals surface area contributed by atoms with Crippen LogP contribution in [0.1, 0.15) is 52.6 Å². The number of carbonyl (C=O) groups excluding carboxylic acids is 1. The minimum Gasteiger partial charge on any atom is -0.363 e. The molecule has 3 aliphatic rings. The lowest BCUT2D eigenvalue weighted by Crippen LogP contribution is -2.52. The number of alkyl halides is 6. The number of benzene rings is 2. The molecule has 3 aliphatic heterocycles. The summed E-state index contributed by atoms with van der Waals surface area (Å²) >= 11 is 0. The molecule has 0 spiro atoms. The van der Waals surface area contributed by atoms with E-state index < -0.39 is 47.2 Å². The van der Waals surface area contributed by atoms with Gasteiger partial charge in [0.2, 0.25) is 11.5 Å². The van der Waals surface area contributed by atoms with E-state index in [-0.39, 0.29) is 28.9 Å². The standard InChI is InChI=1S/C28H28F6N6O/c1-26(29,27(30,31)25-36-35-15-38(25)3)16-5-4-6-17(9-16)39-14-22-21(24(39)41)10-20(11-23(22)28(32,33)34)40-18-7-8-19(40)13-37(2)12-18/h4-6,9-11,15,18-19H,7-8,12-14H2,1-3H3/t18?,19?,26-/m1/s1. The molecule has 0 N–H and O–H groups in total. The monoisotopic (exact) mass is 578 g/mol. The number of rotatable bonds is 5. The molecule has 13 heteroatoms. The first-order valence-corrected chi connectivity index (χ1v) is 13.2. The highest BCUT2D eigenvalue weighted by molar-refractivity contribution is 6.11. The van der Waals surface area contributed by atoms with Crippen LogP contribution in [-0.2, 0) is 31.4 Å². The van der Waals surface area contributed by atoms with Gasteiger partial charge < -0.3 is 19.3 Å². The van der Waals surface area contributed by atoms with Gasteiger partial charge >= 0.3 is 12.1 Å². The van der Waals surface area contributed by atoms with Crippen molar-refractivity contribution in [2.24, 2.45) is 7.05 Å². The van der Waals surface area contributed by atoms with E-state index in [0.717, 1.165) is 46.8 Å². The molecule has 218 valence electrons. The number of aromatic nitrogens is 3. The summed E-state index contributed by atoms with van der Waals surface area (Å²) in [5, 5.41) is 6.77. The third-order valence-corrected chi connectivity index (χ3v) is 8.58. The van der Waals surface area contributed by atoms with Gasteiger partial charge in [0.05, 0.1) is 12.1 Å². The first-order valence-electron chi connectivity index (χ1n) is 13.2. The van der Waals surface area contributed by atoms with Gasteiger partial charge in [-0.1, -0.05) is 12.1 Å². The highest BCUT2D eigenvalue weighted by atomic mass is 19.4. The predicted molar refractivity (Wildman–Crippen MR) is 139 cm³/mol. The van der Waals surface area contributed by atoms with Gasteiger partial charge in [0, 0.05) is 49.2 Å². The Morgan fingerprint density at radius 3 is 2.22 bits per heavy atom. The SMILES string of the molecule is CN1CC2CCC(C1)N2c1cc2c(c(C(F)(F)F)c1)CN(c1cccc([C@@](C)(F)C(F)(F)c3nncn3C)c1)C2=O. The summed E-state index contributed by atoms with van der Waals surface area (Å²) in [6, 6.07) is 7.60. The van der Waals surface area contributed by atoms with Crippen LogP contribution in [0.15, 0.2) is 42.7 Å². The molecule has 1 amide bonds. The quantitative estimate of drug-likeness (QED) is 0.387. The zero-order valence-electron chi connectivity index (χ0n) is 22.6. The molecule has 2 bridgehead atoms. The molecule has 1 aromatic heterocycles. The number of likely N-dealkylation sites (tertiary alicyclic amines) is 1. The minimum absolute atomic E-state index is 0.00989. The van der Waals surface area contributed by atoms with E-state index in [9.17, 15) is 18.0 Å². The van der Waals surface area contributed by atoms with Crippen LogP contribution in [0.2, 0.25) is 0 Å². The molecule has 0 radical (unpaired) electrons. The van der Waals surface area contributed by atoms with Crippen molar-refractivity contribution >= 4 is 17.3 Å². The molecular weight excluding hydrogens is 550 g/mol. The summed E-state index contributed by atoms with van der Waals surface area (Å²) in [6.45, 7) is 1.69. The molecule has 7 nitrogen and oxygen atoms in total. The number of halogens is 6. The molecule has 0 aliphatic carbocycles. The van der Waals surface area contributed by atoms with E-state index in [4.69, 9.17) is 0 Å². The van der Waals surface area contributed by atoms with Crippen molar-refractivity contribution in [1.82, 2.24) is 19.7 Å². The largest absolute Gasteiger partial charge is 0.416 e. The molecule has 0 saturated carbocycles. The van der Waals surface area contributed by atoms with Crippen LogP contribution in [0.3, 0.4) is 0 Å². The van der Waals surface area contributed by atoms with E-state index in [1.54, 1.807) is 0 Å². The van der Waals surface area contributed by atoms with Crippen LogP contribution in [0.5, 0.6) is 0 Å². The van der Waals surface area contributed by atoms with E-state index >= 15 is 13.2 Å². The van der Waals surface area contributed by atoms with Crippen molar-refractivity contribution in [1.29, 1.82) is 0 Å². The Morgan fingerprint density at radius 2 is 1.61 bits per heavy atom. The van der Waals surface area contributed by atoms with Crippen molar-refractivity contribution in [3.05, 3.63) is 70.8 Å². The van der Waals surface area contributed by atoms with Crippen molar-refractivity contribution in [3.8, 4) is 0 Å². The summed E-state index contributed by atoms with van der Waals surface area (Å²) in [7, 11) is 3.24. The van der Waals surface area contributed by atoms with Gasteiger partial charge in [0.1, 0.15) is 6.33 Å². The zero-order valence-corrected chi connectivity index (χ0v) is 22.6. The summed E-state index contributed by atoms with van der Waals surface area (Å²) in [6.07, 6.45) is -2.00. The summed E-state index contributed by atoms with van der Waals surface area (Å²) in [5.74, 6) is -5.70. The van der Waals surface area contributed by atoms with Crippen LogP contribution in [0, 0.1) is 0 Å². The van der Waals surface area contributed by atoms with Gasteiger partial charge in [-0.2, -0.15) is 22.0 Å². The maximum absolute atomic E-state index is 15.9. The fourth-order valence-corrected chi connectivity index (χ4v) is 6.46. The summed E-state index contributed by atoms with van der Waals surface area (Å²) in [5.41, 5.74) is -4.56. The Balaban J connectivity index is 1.37. The highest BCUT2D eigenvalue weighted by Crippen LogP contribution is 2.49. The lowest BCUT2D eigenvalue weighted by atomic mass is 9.90. The molecule has 6 rings (SSSR count). The average Bonchev–Trinajstić information content (AvgIpc) is 3.57. The fraction of sp³-hybridized carbons (Fsp3) is 0.464. The summed E-state index contributed by atoms with van der Waals surface area (Å²) in [4.78, 5) is 18.8. The van der Waals surface area contributed by atoms with Crippen LogP contribution in [0.4, 0.5) is 37.7 Å². The van der Waals surface area contributed by atoms with Crippen molar-refractivity contribution in [2.45, 2.75) is 56.2 Å². The Bertz CT molecular complexity index is 1500. The number of amides is 1. The number of nitrogens with zero attached hydrogens (tertiary/aromatic N) is 6. The predicted octanol–water partition coefficient (Wildman–Crippen LogP) is 5.25. The third kappa shape index (κ3) is 4.27. The highest BCUT2D eigenvalue weighted by Gasteiger charge is 2.57. The fourth-order valence-electron chi connectivity index (χ4n) is 6.46. The van der Waals surface area contributed by atoms with Gasteiger partial charge in [-0.05, 0) is 62.2 Å². The van der Waals surface area contributed by atoms with Crippen molar-refractivity contribution < 1.29 is 31.1 Å². The Kier molecular flexibility index (Phi) is 6.18. The second-order valence-corrected chi connectivity index (χ2v) is 11.3. The molecule has 2 fully saturated rings. The molecule has 4 heterocycles. The second kappa shape index (κ2) is 9.20. The van der Waals surface area contributed by atoms with Crippen molar-refractivity contribution in [2.75, 3.05) is 29.9 Å². The Labute approximate surface area is 232 Å². The van der Waals surface area contributed by atoms with Crippen LogP contribution in [0.25, 0.3) is 0 Å². The van der Waals surface area contributed by atoms with Crippen LogP contribution >= 0.6 is 0 Å². The number of piperazine rings is 1. The molecule has 3 atom stereocenters. The van der Waals surface area contributed by atoms with Gasteiger partial charge in [0.15, 0.2) is 0 Å². The van der Waals surface area contributed by atoms with Gasteiger partial charge in [-0.15, -0.1) is 10.2 Å². The maximum Gasteiger partial charge on any atom is 0.416 e. The van der Waals surface area contributed by atoms with E-state index in [2.05, 4.69) is 15.1 Å². The second-order valence-electron chi connectivity index (χ2n) is 11.3. The minimum atomic E-state index is -4.72. The van der Waals surface area contributed by atoms with E-state index in [1.165, 1.54) is 25.2 Å². The normalized spacial score (nSPS) is 22.8. The number of hydrogen-bond acceptors (Lipinski definition) is 5. The van der Waals surface area contributed by atoms with E-state index in [0.29, 0.717) is 25.7 Å². The Hall–Kier alpha value is -3.61. The van der Waals surface area contributed by atoms with E-state index in [1.807, 2.05) is 11.9 Å². The lowest BCUT2D eigenvalue weighted by Gasteiger charge is -2.41. The number of hydrogen-bond donors (Lipinski definition) is 0. The number of fused-ring (bicyclic) bond motifs is 3. The molecule has 2 saturated heterocycles. The number of likely N-dealkylation sites (N-methyl/N-ethyl adjacent to an activating group) is 1. The topological polar surface area (TPSA) is 57.5 Å². The third-order valence-electron chi connectivity index (χ3n) is 8.58. The van der Waals surface area contributed by atoms with Crippen LogP contribution < -0.4 is 9.80 Å². The zero-order chi connectivity index (χ0) is 29.5. The molecule has 41 heavy (non-hydrogen) atoms. The lowest BCUT2D eigenvalue weighted by molar-refractivity contribution is -0.149. The Morgan fingerprint density at radius 1 is 0.927 bits per heavy atom. The van der Waals surface area contributed by atoms with Crippen LogP contribution in [-0.4, -0.2) is 57.8 Å². The van der Waals surface area contributed by atoms with Gasteiger partial charge in [-0.3, -0.25) is 4.79 Å². The number of carbonyl (C=O) groups is 1. The molecule has 2 aromatic carbocycles. The van der Waals surface area contributed by atoms with Gasteiger partial charge in [0.25, 0.3) is 5.91 Å². The van der Waals surface area contributed by atoms with Gasteiger partial charge in [-0.25, -0.2) is 4.39 Å². The van der Waals surface area contributed by atoms with Crippen molar-refractivity contribution in [3.63, 3.8) is 0 Å². The maximum atomic E-state index is 15.9. The summed E-state index contributed by atoms with van der Waals surface area (Å²) < 4.78 is 90.4.